The molecule has 2 fully saturated rings. The van der Waals surface area contributed by atoms with Crippen molar-refractivity contribution in [3.63, 3.8) is 0 Å². The molecule has 1 atom stereocenters. The molecule has 2 aromatic heterocycles. The van der Waals surface area contributed by atoms with Crippen LogP contribution in [0.2, 0.25) is 5.02 Å². The summed E-state index contributed by atoms with van der Waals surface area (Å²) in [6.45, 7) is 5.13. The van der Waals surface area contributed by atoms with Gasteiger partial charge in [0.1, 0.15) is 12.2 Å². The zero-order valence-corrected chi connectivity index (χ0v) is 22.9. The van der Waals surface area contributed by atoms with Gasteiger partial charge >= 0.3 is 0 Å². The molecule has 0 bridgehead atoms. The van der Waals surface area contributed by atoms with Crippen molar-refractivity contribution in [1.82, 2.24) is 24.6 Å². The van der Waals surface area contributed by atoms with Crippen LogP contribution >= 0.6 is 23.2 Å². The molecular weight excluding hydrogens is 505 g/mol. The Hall–Kier alpha value is -2.41. The average molecular weight is 539 g/mol. The highest BCUT2D eigenvalue weighted by molar-refractivity contribution is 6.51. The summed E-state index contributed by atoms with van der Waals surface area (Å²) < 4.78 is 2.04. The van der Waals surface area contributed by atoms with Crippen LogP contribution in [-0.2, 0) is 25.4 Å². The molecule has 2 aliphatic carbocycles. The maximum atomic E-state index is 13.9. The topological polar surface area (TPSA) is 66.8 Å². The molecule has 1 unspecified atom stereocenters. The summed E-state index contributed by atoms with van der Waals surface area (Å²) in [4.78, 5) is 19.6. The van der Waals surface area contributed by atoms with Crippen LogP contribution in [0.5, 0.6) is 0 Å². The Bertz CT molecular complexity index is 1360. The lowest BCUT2D eigenvalue weighted by Gasteiger charge is -2.46. The molecule has 6 rings (SSSR count). The predicted molar refractivity (Wildman–Crippen MR) is 147 cm³/mol. The second kappa shape index (κ2) is 9.72. The van der Waals surface area contributed by atoms with E-state index in [9.17, 15) is 4.79 Å². The number of benzene rings is 1. The van der Waals surface area contributed by atoms with Crippen molar-refractivity contribution in [2.24, 2.45) is 18.9 Å². The first-order chi connectivity index (χ1) is 17.9. The standard InChI is InChI=1S/C29H33Cl2N5O/c1-18-14-29(15-18,28-34-32-17-35(28)2)21-8-3-6-19(13-21)12-20-7-4-9-22(30)24-25(31)23(16-36-10-5-11-36)33-26(24)27(20)37/h3,6,8-9,13,17-18,20,33H,4-5,7,10-12,14-16H2,1-2H3/b22-9+. The minimum atomic E-state index is -0.146. The fourth-order valence-corrected chi connectivity index (χ4v) is 7.18. The van der Waals surface area contributed by atoms with Gasteiger partial charge in [-0.3, -0.25) is 9.69 Å². The first-order valence-electron chi connectivity index (χ1n) is 13.3. The van der Waals surface area contributed by atoms with Gasteiger partial charge in [-0.25, -0.2) is 0 Å². The number of rotatable bonds is 6. The Morgan fingerprint density at radius 3 is 2.70 bits per heavy atom. The van der Waals surface area contributed by atoms with E-state index in [1.165, 1.54) is 17.5 Å². The number of nitrogens with zero attached hydrogens (tertiary/aromatic N) is 4. The van der Waals surface area contributed by atoms with E-state index < -0.39 is 0 Å². The number of hydrogen-bond acceptors (Lipinski definition) is 4. The summed E-state index contributed by atoms with van der Waals surface area (Å²) in [6, 6.07) is 8.76. The van der Waals surface area contributed by atoms with Crippen LogP contribution in [0, 0.1) is 11.8 Å². The molecule has 8 heteroatoms. The predicted octanol–water partition coefficient (Wildman–Crippen LogP) is 6.13. The van der Waals surface area contributed by atoms with E-state index in [0.29, 0.717) is 33.7 Å². The number of aromatic nitrogens is 4. The second-order valence-corrected chi connectivity index (χ2v) is 12.0. The zero-order chi connectivity index (χ0) is 25.7. The Balaban J connectivity index is 1.29. The number of likely N-dealkylation sites (tertiary alicyclic amines) is 1. The lowest BCUT2D eigenvalue weighted by atomic mass is 9.58. The largest absolute Gasteiger partial charge is 0.353 e. The van der Waals surface area contributed by atoms with Gasteiger partial charge in [-0.15, -0.1) is 10.2 Å². The van der Waals surface area contributed by atoms with Crippen molar-refractivity contribution in [3.05, 3.63) is 75.6 Å². The molecule has 3 aliphatic rings. The number of Topliss-reactive ketones (excluding diaryl/α,β-unsaturated/α-hetero) is 1. The fraction of sp³-hybridized carbons (Fsp3) is 0.483. The monoisotopic (exact) mass is 537 g/mol. The maximum Gasteiger partial charge on any atom is 0.183 e. The highest BCUT2D eigenvalue weighted by Crippen LogP contribution is 2.51. The molecule has 37 heavy (non-hydrogen) atoms. The molecule has 0 amide bonds. The Morgan fingerprint density at radius 2 is 2.03 bits per heavy atom. The summed E-state index contributed by atoms with van der Waals surface area (Å²) in [7, 11) is 2.02. The number of carbonyl (C=O) groups is 1. The third-order valence-corrected chi connectivity index (χ3v) is 9.29. The summed E-state index contributed by atoms with van der Waals surface area (Å²) in [5.41, 5.74) is 4.44. The van der Waals surface area contributed by atoms with E-state index in [2.05, 4.69) is 51.3 Å². The molecule has 194 valence electrons. The van der Waals surface area contributed by atoms with Crippen molar-refractivity contribution in [1.29, 1.82) is 0 Å². The molecule has 0 spiro atoms. The minimum Gasteiger partial charge on any atom is -0.353 e. The molecule has 1 saturated heterocycles. The molecule has 0 radical (unpaired) electrons. The van der Waals surface area contributed by atoms with Crippen molar-refractivity contribution < 1.29 is 4.79 Å². The Morgan fingerprint density at radius 1 is 1.22 bits per heavy atom. The van der Waals surface area contributed by atoms with Crippen molar-refractivity contribution in [2.45, 2.75) is 57.4 Å². The normalized spacial score (nSPS) is 27.5. The lowest BCUT2D eigenvalue weighted by Crippen LogP contribution is -2.43. The van der Waals surface area contributed by atoms with Crippen LogP contribution in [-0.4, -0.2) is 43.5 Å². The van der Waals surface area contributed by atoms with Crippen LogP contribution in [0.25, 0.3) is 5.03 Å². The van der Waals surface area contributed by atoms with Gasteiger partial charge < -0.3 is 9.55 Å². The quantitative estimate of drug-likeness (QED) is 0.410. The first-order valence-corrected chi connectivity index (χ1v) is 14.1. The van der Waals surface area contributed by atoms with Crippen LogP contribution in [0.3, 0.4) is 0 Å². The average Bonchev–Trinajstić information content (AvgIpc) is 3.40. The van der Waals surface area contributed by atoms with Crippen LogP contribution in [0.4, 0.5) is 0 Å². The van der Waals surface area contributed by atoms with Gasteiger partial charge in [-0.05, 0) is 68.7 Å². The summed E-state index contributed by atoms with van der Waals surface area (Å²) >= 11 is 13.4. The summed E-state index contributed by atoms with van der Waals surface area (Å²) in [6.07, 6.45) is 9.29. The van der Waals surface area contributed by atoms with Crippen molar-refractivity contribution >= 4 is 34.0 Å². The van der Waals surface area contributed by atoms with Gasteiger partial charge in [-0.2, -0.15) is 0 Å². The van der Waals surface area contributed by atoms with Crippen LogP contribution < -0.4 is 0 Å². The molecule has 1 aromatic carbocycles. The number of carbonyl (C=O) groups excluding carboxylic acids is 1. The third-order valence-electron chi connectivity index (χ3n) is 8.53. The van der Waals surface area contributed by atoms with Gasteiger partial charge in [0.25, 0.3) is 0 Å². The van der Waals surface area contributed by atoms with Crippen LogP contribution in [0.1, 0.15) is 77.7 Å². The maximum absolute atomic E-state index is 13.9. The van der Waals surface area contributed by atoms with Crippen molar-refractivity contribution in [3.8, 4) is 0 Å². The number of hydrogen-bond donors (Lipinski definition) is 1. The third kappa shape index (κ3) is 4.37. The number of H-pyrrole nitrogens is 1. The number of halogens is 2. The molecule has 3 heterocycles. The first kappa shape index (κ1) is 24.9. The minimum absolute atomic E-state index is 0.101. The SMILES string of the molecule is CC1CC(c2cccc(CC3CC/C=C(/Cl)c4c([nH]c(CN5CCC5)c4Cl)C3=O)c2)(c2nncn2C)C1. The van der Waals surface area contributed by atoms with Gasteiger partial charge in [0, 0.05) is 35.8 Å². The smallest absolute Gasteiger partial charge is 0.183 e. The number of aryl methyl sites for hydroxylation is 1. The van der Waals surface area contributed by atoms with Gasteiger partial charge in [0.05, 0.1) is 16.1 Å². The van der Waals surface area contributed by atoms with E-state index in [4.69, 9.17) is 23.2 Å². The second-order valence-electron chi connectivity index (χ2n) is 11.3. The van der Waals surface area contributed by atoms with E-state index in [-0.39, 0.29) is 17.1 Å². The van der Waals surface area contributed by atoms with E-state index in [1.54, 1.807) is 6.33 Å². The summed E-state index contributed by atoms with van der Waals surface area (Å²) in [5.74, 6) is 1.62. The molecule has 6 nitrogen and oxygen atoms in total. The molecular formula is C29H33Cl2N5O. The van der Waals surface area contributed by atoms with Gasteiger partial charge in [-0.1, -0.05) is 60.5 Å². The highest BCUT2D eigenvalue weighted by atomic mass is 35.5. The molecule has 1 saturated carbocycles. The Labute approximate surface area is 228 Å². The molecule has 3 aromatic rings. The lowest BCUT2D eigenvalue weighted by molar-refractivity contribution is 0.0907. The van der Waals surface area contributed by atoms with E-state index in [1.807, 2.05) is 17.7 Å². The Kier molecular flexibility index (Phi) is 6.54. The van der Waals surface area contributed by atoms with Crippen LogP contribution in [0.15, 0.2) is 36.7 Å². The highest BCUT2D eigenvalue weighted by Gasteiger charge is 2.48. The zero-order valence-electron chi connectivity index (χ0n) is 21.4. The summed E-state index contributed by atoms with van der Waals surface area (Å²) in [5, 5.41) is 9.82. The van der Waals surface area contributed by atoms with E-state index >= 15 is 0 Å². The van der Waals surface area contributed by atoms with Crippen molar-refractivity contribution in [2.75, 3.05) is 13.1 Å². The van der Waals surface area contributed by atoms with Gasteiger partial charge in [0.15, 0.2) is 5.78 Å². The number of aromatic amines is 1. The fourth-order valence-electron chi connectivity index (χ4n) is 6.53. The number of ketones is 1. The van der Waals surface area contributed by atoms with Gasteiger partial charge in [0.2, 0.25) is 0 Å². The van der Waals surface area contributed by atoms with E-state index in [0.717, 1.165) is 56.8 Å². The number of fused-ring (bicyclic) bond motifs is 1. The molecule has 1 aliphatic heterocycles. The number of allylic oxidation sites excluding steroid dienone is 1. The molecule has 1 N–H and O–H groups in total. The number of nitrogens with one attached hydrogen (secondary N) is 1.